The van der Waals surface area contributed by atoms with E-state index < -0.39 is 34.4 Å². The number of nitro groups is 1. The van der Waals surface area contributed by atoms with Gasteiger partial charge in [0.2, 0.25) is 5.82 Å². The molecule has 1 heterocycles. The smallest absolute Gasteiger partial charge is 0.357 e. The summed E-state index contributed by atoms with van der Waals surface area (Å²) in [6, 6.07) is 12.0. The zero-order valence-corrected chi connectivity index (χ0v) is 17.3. The molecule has 1 N–H and O–H groups in total. The molecule has 11 heteroatoms. The van der Waals surface area contributed by atoms with E-state index in [4.69, 9.17) is 4.74 Å². The molecule has 1 atom stereocenters. The Labute approximate surface area is 180 Å². The van der Waals surface area contributed by atoms with Crippen molar-refractivity contribution in [1.82, 2.24) is 9.55 Å². The Morgan fingerprint density at radius 3 is 2.61 bits per heavy atom. The summed E-state index contributed by atoms with van der Waals surface area (Å²) < 4.78 is 20.3. The number of rotatable bonds is 7. The average Bonchev–Trinajstić information content (AvgIpc) is 3.19. The number of carbonyl (C=O) groups is 2. The van der Waals surface area contributed by atoms with Gasteiger partial charge in [-0.1, -0.05) is 30.0 Å². The zero-order chi connectivity index (χ0) is 22.5. The van der Waals surface area contributed by atoms with Crippen LogP contribution >= 0.6 is 11.8 Å². The van der Waals surface area contributed by atoms with E-state index in [1.165, 1.54) is 30.9 Å². The Morgan fingerprint density at radius 2 is 1.97 bits per heavy atom. The molecule has 0 aliphatic carbocycles. The van der Waals surface area contributed by atoms with Crippen LogP contribution in [0.15, 0.2) is 59.9 Å². The quantitative estimate of drug-likeness (QED) is 0.255. The van der Waals surface area contributed by atoms with Crippen LogP contribution in [0.1, 0.15) is 17.4 Å². The normalized spacial score (nSPS) is 11.6. The van der Waals surface area contributed by atoms with Gasteiger partial charge in [-0.25, -0.2) is 9.78 Å². The summed E-state index contributed by atoms with van der Waals surface area (Å²) in [5, 5.41) is 13.8. The molecule has 0 fully saturated rings. The number of nitrogens with one attached hydrogen (secondary N) is 1. The number of hydrogen-bond donors (Lipinski definition) is 1. The maximum Gasteiger partial charge on any atom is 0.357 e. The molecule has 0 aliphatic rings. The van der Waals surface area contributed by atoms with E-state index in [0.717, 1.165) is 12.1 Å². The van der Waals surface area contributed by atoms with Crippen LogP contribution < -0.4 is 5.32 Å². The maximum absolute atomic E-state index is 13.5. The van der Waals surface area contributed by atoms with Gasteiger partial charge in [0.05, 0.1) is 11.1 Å². The van der Waals surface area contributed by atoms with Crippen LogP contribution in [0.25, 0.3) is 5.69 Å². The first-order chi connectivity index (χ1) is 14.8. The van der Waals surface area contributed by atoms with Crippen molar-refractivity contribution in [3.05, 3.63) is 76.4 Å². The minimum absolute atomic E-state index is 0.00000409. The zero-order valence-electron chi connectivity index (χ0n) is 16.4. The van der Waals surface area contributed by atoms with Gasteiger partial charge in [0, 0.05) is 17.4 Å². The minimum atomic E-state index is -1.23. The van der Waals surface area contributed by atoms with Crippen LogP contribution in [0.2, 0.25) is 0 Å². The molecule has 0 radical (unpaired) electrons. The number of nitro benzene ring substituents is 1. The maximum atomic E-state index is 13.5. The van der Waals surface area contributed by atoms with E-state index in [0.29, 0.717) is 10.8 Å². The van der Waals surface area contributed by atoms with Crippen LogP contribution in [0, 0.1) is 15.9 Å². The predicted octanol–water partition coefficient (Wildman–Crippen LogP) is 3.83. The fourth-order valence-electron chi connectivity index (χ4n) is 2.70. The SMILES string of the molecule is CSc1ncc(C(=O)OC(C)C(=O)Nc2ccc(F)c([N+](=O)[O-])c2)n1-c1ccccc1. The molecule has 0 saturated heterocycles. The Bertz CT molecular complexity index is 1140. The van der Waals surface area contributed by atoms with Gasteiger partial charge < -0.3 is 10.1 Å². The summed E-state index contributed by atoms with van der Waals surface area (Å²) in [6.07, 6.45) is 1.94. The first-order valence-corrected chi connectivity index (χ1v) is 10.2. The lowest BCUT2D eigenvalue weighted by atomic mass is 10.2. The van der Waals surface area contributed by atoms with E-state index >= 15 is 0 Å². The molecular formula is C20H17FN4O5S. The molecule has 0 spiro atoms. The molecule has 160 valence electrons. The number of benzene rings is 2. The van der Waals surface area contributed by atoms with Gasteiger partial charge in [0.15, 0.2) is 17.0 Å². The molecule has 3 rings (SSSR count). The fraction of sp³-hybridized carbons (Fsp3) is 0.150. The minimum Gasteiger partial charge on any atom is -0.448 e. The molecule has 1 unspecified atom stereocenters. The standard InChI is InChI=1S/C20H17FN4O5S/c1-12(18(26)23-13-8-9-15(21)16(10-13)25(28)29)30-19(27)17-11-22-20(31-2)24(17)14-6-4-3-5-7-14/h3-12H,1-2H3,(H,23,26). The third kappa shape index (κ3) is 4.89. The highest BCUT2D eigenvalue weighted by Crippen LogP contribution is 2.24. The van der Waals surface area contributed by atoms with Crippen molar-refractivity contribution in [3.8, 4) is 5.69 Å². The number of carbonyl (C=O) groups excluding carboxylic acids is 2. The summed E-state index contributed by atoms with van der Waals surface area (Å²) in [7, 11) is 0. The molecular weight excluding hydrogens is 427 g/mol. The van der Waals surface area contributed by atoms with Crippen molar-refractivity contribution in [1.29, 1.82) is 0 Å². The number of anilines is 1. The van der Waals surface area contributed by atoms with Crippen molar-refractivity contribution < 1.29 is 23.6 Å². The van der Waals surface area contributed by atoms with Gasteiger partial charge in [-0.2, -0.15) is 4.39 Å². The van der Waals surface area contributed by atoms with Crippen molar-refractivity contribution in [2.24, 2.45) is 0 Å². The van der Waals surface area contributed by atoms with Crippen molar-refractivity contribution in [2.45, 2.75) is 18.2 Å². The van der Waals surface area contributed by atoms with Gasteiger partial charge in [-0.05, 0) is 37.4 Å². The second-order valence-corrected chi connectivity index (χ2v) is 7.03. The van der Waals surface area contributed by atoms with Gasteiger partial charge in [0.1, 0.15) is 0 Å². The monoisotopic (exact) mass is 444 g/mol. The third-order valence-corrected chi connectivity index (χ3v) is 4.85. The van der Waals surface area contributed by atoms with E-state index in [9.17, 15) is 24.1 Å². The van der Waals surface area contributed by atoms with Crippen molar-refractivity contribution in [3.63, 3.8) is 0 Å². The summed E-state index contributed by atoms with van der Waals surface area (Å²) in [6.45, 7) is 1.35. The first-order valence-electron chi connectivity index (χ1n) is 8.94. The summed E-state index contributed by atoms with van der Waals surface area (Å²) in [5.41, 5.74) is 0.0541. The molecule has 3 aromatic rings. The molecule has 1 aromatic heterocycles. The van der Waals surface area contributed by atoms with Gasteiger partial charge in [0.25, 0.3) is 5.91 Å². The number of imidazole rings is 1. The van der Waals surface area contributed by atoms with E-state index in [1.54, 1.807) is 16.7 Å². The van der Waals surface area contributed by atoms with Crippen LogP contribution in [-0.4, -0.2) is 38.7 Å². The highest BCUT2D eigenvalue weighted by molar-refractivity contribution is 7.98. The topological polar surface area (TPSA) is 116 Å². The van der Waals surface area contributed by atoms with Crippen molar-refractivity contribution in [2.75, 3.05) is 11.6 Å². The number of halogens is 1. The second kappa shape index (κ2) is 9.39. The van der Waals surface area contributed by atoms with E-state index in [-0.39, 0.29) is 11.4 Å². The summed E-state index contributed by atoms with van der Waals surface area (Å²) >= 11 is 1.34. The Kier molecular flexibility index (Phi) is 6.65. The number of thioether (sulfide) groups is 1. The van der Waals surface area contributed by atoms with E-state index in [1.807, 2.05) is 24.5 Å². The number of para-hydroxylation sites is 1. The van der Waals surface area contributed by atoms with Crippen molar-refractivity contribution >= 4 is 35.0 Å². The molecule has 31 heavy (non-hydrogen) atoms. The summed E-state index contributed by atoms with van der Waals surface area (Å²) in [5.74, 6) is -2.53. The number of amides is 1. The predicted molar refractivity (Wildman–Crippen MR) is 112 cm³/mol. The molecule has 9 nitrogen and oxygen atoms in total. The van der Waals surface area contributed by atoms with E-state index in [2.05, 4.69) is 10.3 Å². The van der Waals surface area contributed by atoms with Gasteiger partial charge in [-0.3, -0.25) is 19.5 Å². The largest absolute Gasteiger partial charge is 0.448 e. The Morgan fingerprint density at radius 1 is 1.26 bits per heavy atom. The number of esters is 1. The Hall–Kier alpha value is -3.73. The highest BCUT2D eigenvalue weighted by atomic mass is 32.2. The second-order valence-electron chi connectivity index (χ2n) is 6.26. The highest BCUT2D eigenvalue weighted by Gasteiger charge is 2.24. The number of hydrogen-bond acceptors (Lipinski definition) is 7. The number of ether oxygens (including phenoxy) is 1. The number of nitrogens with zero attached hydrogens (tertiary/aromatic N) is 3. The third-order valence-electron chi connectivity index (χ3n) is 4.20. The van der Waals surface area contributed by atoms with Crippen LogP contribution in [0.5, 0.6) is 0 Å². The fourth-order valence-corrected chi connectivity index (χ4v) is 3.24. The van der Waals surface area contributed by atoms with Gasteiger partial charge >= 0.3 is 11.7 Å². The van der Waals surface area contributed by atoms with Gasteiger partial charge in [-0.15, -0.1) is 0 Å². The Balaban J connectivity index is 1.76. The number of aromatic nitrogens is 2. The average molecular weight is 444 g/mol. The first kappa shape index (κ1) is 22.0. The summed E-state index contributed by atoms with van der Waals surface area (Å²) in [4.78, 5) is 39.3. The molecule has 0 bridgehead atoms. The van der Waals surface area contributed by atoms with Crippen LogP contribution in [0.4, 0.5) is 15.8 Å². The lowest BCUT2D eigenvalue weighted by Gasteiger charge is -2.15. The molecule has 1 amide bonds. The molecule has 0 saturated carbocycles. The molecule has 2 aromatic carbocycles. The van der Waals surface area contributed by atoms with Crippen LogP contribution in [-0.2, 0) is 9.53 Å². The lowest BCUT2D eigenvalue weighted by molar-refractivity contribution is -0.387. The lowest BCUT2D eigenvalue weighted by Crippen LogP contribution is -2.30. The molecule has 0 aliphatic heterocycles. The van der Waals surface area contributed by atoms with Crippen LogP contribution in [0.3, 0.4) is 0 Å².